The van der Waals surface area contributed by atoms with E-state index in [-0.39, 0.29) is 0 Å². The first-order valence-corrected chi connectivity index (χ1v) is 7.93. The van der Waals surface area contributed by atoms with Gasteiger partial charge in [-0.1, -0.05) is 38.8 Å². The van der Waals surface area contributed by atoms with Gasteiger partial charge in [0, 0.05) is 12.2 Å². The highest BCUT2D eigenvalue weighted by molar-refractivity contribution is 5.46. The van der Waals surface area contributed by atoms with Gasteiger partial charge in [-0.25, -0.2) is 0 Å². The summed E-state index contributed by atoms with van der Waals surface area (Å²) in [4.78, 5) is 0. The van der Waals surface area contributed by atoms with Crippen LogP contribution in [0.15, 0.2) is 24.3 Å². The maximum Gasteiger partial charge on any atom is 0.0802 e. The largest absolute Gasteiger partial charge is 0.388 e. The fraction of sp³-hybridized carbons (Fsp3) is 0.647. The summed E-state index contributed by atoms with van der Waals surface area (Å²) in [6.07, 6.45) is 5.18. The molecule has 0 aliphatic heterocycles. The van der Waals surface area contributed by atoms with Gasteiger partial charge in [-0.05, 0) is 49.4 Å². The molecule has 0 amide bonds. The van der Waals surface area contributed by atoms with Crippen LogP contribution in [0, 0.1) is 5.92 Å². The van der Waals surface area contributed by atoms with Crippen LogP contribution >= 0.6 is 0 Å². The highest BCUT2D eigenvalue weighted by Crippen LogP contribution is 2.21. The van der Waals surface area contributed by atoms with Crippen molar-refractivity contribution in [2.75, 3.05) is 18.4 Å². The molecule has 1 atom stereocenters. The number of rotatable bonds is 10. The molecule has 0 spiro atoms. The number of nitrogens with two attached hydrogens (primary N) is 1. The Kier molecular flexibility index (Phi) is 8.31. The predicted molar refractivity (Wildman–Crippen MR) is 86.9 cm³/mol. The third kappa shape index (κ3) is 5.93. The molecule has 114 valence electrons. The van der Waals surface area contributed by atoms with Crippen molar-refractivity contribution in [3.63, 3.8) is 0 Å². The van der Waals surface area contributed by atoms with Crippen molar-refractivity contribution in [3.05, 3.63) is 29.8 Å². The molecule has 0 saturated carbocycles. The molecule has 0 bridgehead atoms. The smallest absolute Gasteiger partial charge is 0.0802 e. The summed E-state index contributed by atoms with van der Waals surface area (Å²) in [6.45, 7) is 6.00. The number of aliphatic hydroxyl groups is 1. The van der Waals surface area contributed by atoms with E-state index in [1.807, 2.05) is 18.2 Å². The maximum atomic E-state index is 9.98. The number of aliphatic hydroxyl groups excluding tert-OH is 1. The lowest BCUT2D eigenvalue weighted by Gasteiger charge is -2.18. The Bertz CT molecular complexity index is 362. The van der Waals surface area contributed by atoms with Gasteiger partial charge in [0.15, 0.2) is 0 Å². The number of nitrogens with one attached hydrogen (secondary N) is 1. The molecule has 4 N–H and O–H groups in total. The zero-order valence-corrected chi connectivity index (χ0v) is 12.9. The van der Waals surface area contributed by atoms with Gasteiger partial charge in [0.1, 0.15) is 0 Å². The Balaban J connectivity index is 2.56. The van der Waals surface area contributed by atoms with Crippen LogP contribution in [-0.2, 0) is 0 Å². The highest BCUT2D eigenvalue weighted by Gasteiger charge is 2.09. The van der Waals surface area contributed by atoms with Crippen LogP contribution in [0.1, 0.15) is 57.6 Å². The standard InChI is InChI=1S/C17H30N2O/c1-3-6-14(7-4-2)13-19-16-9-5-8-15(12-16)17(20)10-11-18/h5,8-9,12,14,17,19-20H,3-4,6-7,10-11,13,18H2,1-2H3. The molecule has 0 aromatic heterocycles. The first-order valence-electron chi connectivity index (χ1n) is 7.93. The van der Waals surface area contributed by atoms with Crippen LogP contribution < -0.4 is 11.1 Å². The van der Waals surface area contributed by atoms with Crippen LogP contribution in [-0.4, -0.2) is 18.2 Å². The number of hydrogen-bond donors (Lipinski definition) is 3. The molecule has 1 rings (SSSR count). The van der Waals surface area contributed by atoms with Crippen LogP contribution in [0.5, 0.6) is 0 Å². The van der Waals surface area contributed by atoms with Gasteiger partial charge < -0.3 is 16.2 Å². The third-order valence-corrected chi connectivity index (χ3v) is 3.70. The molecule has 0 radical (unpaired) electrons. The third-order valence-electron chi connectivity index (χ3n) is 3.70. The first kappa shape index (κ1) is 17.0. The predicted octanol–water partition coefficient (Wildman–Crippen LogP) is 3.70. The molecule has 3 nitrogen and oxygen atoms in total. The average Bonchev–Trinajstić information content (AvgIpc) is 2.46. The second-order valence-electron chi connectivity index (χ2n) is 5.54. The minimum Gasteiger partial charge on any atom is -0.388 e. The van der Waals surface area contributed by atoms with E-state index in [1.165, 1.54) is 25.7 Å². The molecule has 1 aromatic rings. The van der Waals surface area contributed by atoms with Crippen molar-refractivity contribution in [1.82, 2.24) is 0 Å². The van der Waals surface area contributed by atoms with Gasteiger partial charge in [-0.15, -0.1) is 0 Å². The Morgan fingerprint density at radius 3 is 2.45 bits per heavy atom. The molecule has 0 aliphatic rings. The van der Waals surface area contributed by atoms with E-state index in [0.717, 1.165) is 23.7 Å². The Morgan fingerprint density at radius 1 is 1.15 bits per heavy atom. The SMILES string of the molecule is CCCC(CCC)CNc1cccc(C(O)CCN)c1. The highest BCUT2D eigenvalue weighted by atomic mass is 16.3. The molecule has 3 heteroatoms. The lowest BCUT2D eigenvalue weighted by Crippen LogP contribution is -2.14. The summed E-state index contributed by atoms with van der Waals surface area (Å²) < 4.78 is 0. The van der Waals surface area contributed by atoms with Crippen molar-refractivity contribution < 1.29 is 5.11 Å². The summed E-state index contributed by atoms with van der Waals surface area (Å²) in [6, 6.07) is 8.05. The zero-order valence-electron chi connectivity index (χ0n) is 12.9. The Hall–Kier alpha value is -1.06. The number of anilines is 1. The van der Waals surface area contributed by atoms with E-state index in [1.54, 1.807) is 0 Å². The minimum atomic E-state index is -0.455. The molecule has 1 unspecified atom stereocenters. The van der Waals surface area contributed by atoms with E-state index < -0.39 is 6.10 Å². The van der Waals surface area contributed by atoms with Crippen molar-refractivity contribution in [2.24, 2.45) is 11.7 Å². The minimum absolute atomic E-state index is 0.455. The van der Waals surface area contributed by atoms with Gasteiger partial charge in [-0.3, -0.25) is 0 Å². The van der Waals surface area contributed by atoms with Gasteiger partial charge in [-0.2, -0.15) is 0 Å². The lowest BCUT2D eigenvalue weighted by atomic mass is 9.98. The first-order chi connectivity index (χ1) is 9.71. The molecule has 1 aromatic carbocycles. The molecule has 0 aliphatic carbocycles. The summed E-state index contributed by atoms with van der Waals surface area (Å²) in [7, 11) is 0. The Labute approximate surface area is 123 Å². The summed E-state index contributed by atoms with van der Waals surface area (Å²) in [5, 5.41) is 13.5. The average molecular weight is 278 g/mol. The van der Waals surface area contributed by atoms with E-state index in [4.69, 9.17) is 5.73 Å². The van der Waals surface area contributed by atoms with Crippen LogP contribution in [0.3, 0.4) is 0 Å². The molecule has 20 heavy (non-hydrogen) atoms. The topological polar surface area (TPSA) is 58.3 Å². The lowest BCUT2D eigenvalue weighted by molar-refractivity contribution is 0.170. The number of benzene rings is 1. The fourth-order valence-corrected chi connectivity index (χ4v) is 2.61. The van der Waals surface area contributed by atoms with Crippen LogP contribution in [0.2, 0.25) is 0 Å². The van der Waals surface area contributed by atoms with Crippen molar-refractivity contribution in [3.8, 4) is 0 Å². The summed E-state index contributed by atoms with van der Waals surface area (Å²) in [5.41, 5.74) is 7.53. The van der Waals surface area contributed by atoms with Crippen LogP contribution in [0.25, 0.3) is 0 Å². The molecular weight excluding hydrogens is 248 g/mol. The van der Waals surface area contributed by atoms with Crippen molar-refractivity contribution in [1.29, 1.82) is 0 Å². The van der Waals surface area contributed by atoms with E-state index in [0.29, 0.717) is 13.0 Å². The quantitative estimate of drug-likeness (QED) is 0.611. The normalized spacial score (nSPS) is 12.7. The van der Waals surface area contributed by atoms with E-state index in [9.17, 15) is 5.11 Å². The van der Waals surface area contributed by atoms with Gasteiger partial charge >= 0.3 is 0 Å². The van der Waals surface area contributed by atoms with E-state index >= 15 is 0 Å². The molecular formula is C17H30N2O. The van der Waals surface area contributed by atoms with Crippen molar-refractivity contribution in [2.45, 2.75) is 52.1 Å². The van der Waals surface area contributed by atoms with Crippen LogP contribution in [0.4, 0.5) is 5.69 Å². The maximum absolute atomic E-state index is 9.98. The Morgan fingerprint density at radius 2 is 1.85 bits per heavy atom. The van der Waals surface area contributed by atoms with Gasteiger partial charge in [0.2, 0.25) is 0 Å². The monoisotopic (exact) mass is 278 g/mol. The summed E-state index contributed by atoms with van der Waals surface area (Å²) in [5.74, 6) is 0.739. The second-order valence-corrected chi connectivity index (χ2v) is 5.54. The number of hydrogen-bond acceptors (Lipinski definition) is 3. The molecule has 0 heterocycles. The van der Waals surface area contributed by atoms with E-state index in [2.05, 4.69) is 25.2 Å². The molecule has 0 fully saturated rings. The molecule has 0 saturated heterocycles. The zero-order chi connectivity index (χ0) is 14.8. The fourth-order valence-electron chi connectivity index (χ4n) is 2.61. The summed E-state index contributed by atoms with van der Waals surface area (Å²) >= 11 is 0. The second kappa shape index (κ2) is 9.78. The van der Waals surface area contributed by atoms with Gasteiger partial charge in [0.05, 0.1) is 6.10 Å². The van der Waals surface area contributed by atoms with Crippen molar-refractivity contribution >= 4 is 5.69 Å². The van der Waals surface area contributed by atoms with Gasteiger partial charge in [0.25, 0.3) is 0 Å².